The van der Waals surface area contributed by atoms with Gasteiger partial charge in [0, 0.05) is 18.1 Å². The van der Waals surface area contributed by atoms with Crippen molar-refractivity contribution in [2.24, 2.45) is 7.05 Å². The first-order chi connectivity index (χ1) is 8.70. The average molecular weight is 279 g/mol. The van der Waals surface area contributed by atoms with E-state index in [-0.39, 0.29) is 12.4 Å². The molecule has 0 aliphatic rings. The molecule has 1 aromatic carbocycles. The molecule has 0 radical (unpaired) electrons. The van der Waals surface area contributed by atoms with E-state index in [0.717, 1.165) is 18.5 Å². The lowest BCUT2D eigenvalue weighted by atomic mass is 9.99. The van der Waals surface area contributed by atoms with Gasteiger partial charge in [0.2, 0.25) is 5.52 Å². The zero-order chi connectivity index (χ0) is 13.1. The second-order valence-electron chi connectivity index (χ2n) is 4.87. The number of nitrogens with two attached hydrogens (primary N) is 1. The molecule has 2 N–H and O–H groups in total. The molecule has 0 aliphatic carbocycles. The summed E-state index contributed by atoms with van der Waals surface area (Å²) in [6, 6.07) is 8.41. The van der Waals surface area contributed by atoms with Crippen molar-refractivity contribution in [1.82, 2.24) is 0 Å². The third kappa shape index (κ3) is 2.84. The number of hydrogen-bond donors (Lipinski definition) is 1. The van der Waals surface area contributed by atoms with Gasteiger partial charge in [0.25, 0.3) is 0 Å². The minimum atomic E-state index is 0. The zero-order valence-corrected chi connectivity index (χ0v) is 12.8. The summed E-state index contributed by atoms with van der Waals surface area (Å²) in [5.74, 6) is 0. The summed E-state index contributed by atoms with van der Waals surface area (Å²) < 4.78 is 2.30. The number of aromatic nitrogens is 1. The molecule has 0 bridgehead atoms. The van der Waals surface area contributed by atoms with E-state index in [4.69, 9.17) is 5.73 Å². The third-order valence-corrected chi connectivity index (χ3v) is 3.75. The van der Waals surface area contributed by atoms with Gasteiger partial charge in [-0.15, -0.1) is 0 Å². The fourth-order valence-electron chi connectivity index (χ4n) is 2.74. The number of para-hydroxylation sites is 1. The summed E-state index contributed by atoms with van der Waals surface area (Å²) in [6.45, 7) is 4.43. The molecule has 2 aromatic rings. The Kier molecular flexibility index (Phi) is 5.61. The van der Waals surface area contributed by atoms with E-state index in [2.05, 4.69) is 49.7 Å². The molecule has 3 heteroatoms. The number of halogens is 1. The van der Waals surface area contributed by atoms with Gasteiger partial charge in [-0.05, 0) is 18.9 Å². The van der Waals surface area contributed by atoms with Crippen LogP contribution in [0.5, 0.6) is 0 Å². The number of fused-ring (bicyclic) bond motifs is 1. The molecular formula is C16H23ClN2. The molecule has 0 spiro atoms. The number of nitrogens with zero attached hydrogens (tertiary/aromatic N) is 1. The number of pyridine rings is 1. The van der Waals surface area contributed by atoms with Crippen molar-refractivity contribution in [3.63, 3.8) is 0 Å². The van der Waals surface area contributed by atoms with Gasteiger partial charge in [-0.1, -0.05) is 32.4 Å². The second-order valence-corrected chi connectivity index (χ2v) is 4.87. The molecule has 0 aliphatic heterocycles. The Bertz CT molecular complexity index is 564. The van der Waals surface area contributed by atoms with E-state index in [1.807, 2.05) is 0 Å². The maximum Gasteiger partial charge on any atom is 0.214 e. The van der Waals surface area contributed by atoms with Gasteiger partial charge in [-0.3, -0.25) is 0 Å². The molecule has 2 nitrogen and oxygen atoms in total. The van der Waals surface area contributed by atoms with Gasteiger partial charge in [-0.2, -0.15) is 4.57 Å². The van der Waals surface area contributed by atoms with E-state index in [1.165, 1.54) is 35.0 Å². The smallest absolute Gasteiger partial charge is 0.214 e. The first-order valence-corrected chi connectivity index (χ1v) is 6.88. The number of benzene rings is 1. The van der Waals surface area contributed by atoms with Crippen LogP contribution < -0.4 is 22.7 Å². The Morgan fingerprint density at radius 1 is 1.16 bits per heavy atom. The van der Waals surface area contributed by atoms with Gasteiger partial charge in [-0.25, -0.2) is 0 Å². The summed E-state index contributed by atoms with van der Waals surface area (Å²) in [5, 5.41) is 1.18. The summed E-state index contributed by atoms with van der Waals surface area (Å²) >= 11 is 0. The third-order valence-electron chi connectivity index (χ3n) is 3.75. The van der Waals surface area contributed by atoms with Gasteiger partial charge >= 0.3 is 0 Å². The minimum Gasteiger partial charge on any atom is -1.00 e. The first kappa shape index (κ1) is 15.8. The molecular weight excluding hydrogens is 256 g/mol. The van der Waals surface area contributed by atoms with Crippen LogP contribution in [-0.2, 0) is 19.9 Å². The van der Waals surface area contributed by atoms with Gasteiger partial charge in [0.05, 0.1) is 11.1 Å². The van der Waals surface area contributed by atoms with Crippen LogP contribution in [0.15, 0.2) is 24.3 Å². The lowest BCUT2D eigenvalue weighted by molar-refractivity contribution is -0.653. The molecule has 2 rings (SSSR count). The molecule has 0 atom stereocenters. The Labute approximate surface area is 122 Å². The van der Waals surface area contributed by atoms with Crippen LogP contribution >= 0.6 is 0 Å². The van der Waals surface area contributed by atoms with Gasteiger partial charge in [0.15, 0.2) is 5.69 Å². The number of rotatable bonds is 4. The van der Waals surface area contributed by atoms with Crippen molar-refractivity contribution in [3.8, 4) is 0 Å². The van der Waals surface area contributed by atoms with Crippen molar-refractivity contribution < 1.29 is 17.0 Å². The Balaban J connectivity index is 0.00000180. The molecule has 0 amide bonds. The molecule has 104 valence electrons. The standard InChI is InChI=1S/C16H22N2.ClH/c1-4-6-9-12-14(5-2)18(3)15-11-8-7-10-13(15)16(12)17;/h7-8,10-11,17H,4-6,9H2,1-3H3;1H. The first-order valence-electron chi connectivity index (χ1n) is 6.88. The monoisotopic (exact) mass is 278 g/mol. The average Bonchev–Trinajstić information content (AvgIpc) is 2.41. The number of unbranched alkanes of at least 4 members (excludes halogenated alkanes) is 1. The normalized spacial score (nSPS) is 10.5. The van der Waals surface area contributed by atoms with Crippen molar-refractivity contribution in [2.75, 3.05) is 5.73 Å². The highest BCUT2D eigenvalue weighted by Gasteiger charge is 2.20. The van der Waals surface area contributed by atoms with Crippen LogP contribution in [0.25, 0.3) is 10.9 Å². The zero-order valence-electron chi connectivity index (χ0n) is 12.0. The molecule has 0 unspecified atom stereocenters. The second kappa shape index (κ2) is 6.76. The molecule has 0 saturated carbocycles. The van der Waals surface area contributed by atoms with Crippen molar-refractivity contribution in [3.05, 3.63) is 35.5 Å². The largest absolute Gasteiger partial charge is 1.00 e. The fourth-order valence-corrected chi connectivity index (χ4v) is 2.74. The van der Waals surface area contributed by atoms with E-state index in [1.54, 1.807) is 0 Å². The molecule has 1 heterocycles. The summed E-state index contributed by atoms with van der Waals surface area (Å²) in [6.07, 6.45) is 4.53. The minimum absolute atomic E-state index is 0. The highest BCUT2D eigenvalue weighted by atomic mass is 35.5. The topological polar surface area (TPSA) is 29.9 Å². The molecule has 1 aromatic heterocycles. The van der Waals surface area contributed by atoms with E-state index < -0.39 is 0 Å². The molecule has 19 heavy (non-hydrogen) atoms. The van der Waals surface area contributed by atoms with Crippen LogP contribution in [0.4, 0.5) is 5.69 Å². The summed E-state index contributed by atoms with van der Waals surface area (Å²) in [4.78, 5) is 0. The quantitative estimate of drug-likeness (QED) is 0.793. The highest BCUT2D eigenvalue weighted by Crippen LogP contribution is 2.26. The van der Waals surface area contributed by atoms with E-state index >= 15 is 0 Å². The Hall–Kier alpha value is -1.28. The van der Waals surface area contributed by atoms with E-state index in [9.17, 15) is 0 Å². The lowest BCUT2D eigenvalue weighted by Gasteiger charge is -2.12. The highest BCUT2D eigenvalue weighted by molar-refractivity contribution is 5.89. The van der Waals surface area contributed by atoms with Gasteiger partial charge in [0.1, 0.15) is 7.05 Å². The molecule has 0 fully saturated rings. The van der Waals surface area contributed by atoms with Crippen molar-refractivity contribution >= 4 is 16.6 Å². The Morgan fingerprint density at radius 3 is 2.47 bits per heavy atom. The van der Waals surface area contributed by atoms with Crippen LogP contribution in [0.2, 0.25) is 0 Å². The lowest BCUT2D eigenvalue weighted by Crippen LogP contribution is -3.00. The number of aryl methyl sites for hydroxylation is 1. The summed E-state index contributed by atoms with van der Waals surface area (Å²) in [7, 11) is 2.15. The number of nitrogen functional groups attached to an aromatic ring is 1. The van der Waals surface area contributed by atoms with Crippen molar-refractivity contribution in [2.45, 2.75) is 39.5 Å². The molecule has 0 saturated heterocycles. The van der Waals surface area contributed by atoms with Crippen LogP contribution in [-0.4, -0.2) is 0 Å². The maximum absolute atomic E-state index is 6.39. The predicted molar refractivity (Wildman–Crippen MR) is 77.5 cm³/mol. The Morgan fingerprint density at radius 2 is 1.84 bits per heavy atom. The SMILES string of the molecule is CCCCc1c(N)c2ccccc2[n+](C)c1CC.[Cl-]. The van der Waals surface area contributed by atoms with E-state index in [0.29, 0.717) is 0 Å². The van der Waals surface area contributed by atoms with Crippen LogP contribution in [0.1, 0.15) is 37.9 Å². The number of hydrogen-bond acceptors (Lipinski definition) is 1. The predicted octanol–water partition coefficient (Wildman–Crippen LogP) is 0.156. The number of anilines is 1. The summed E-state index contributed by atoms with van der Waals surface area (Å²) in [5.41, 5.74) is 11.3. The van der Waals surface area contributed by atoms with Gasteiger partial charge < -0.3 is 18.1 Å². The van der Waals surface area contributed by atoms with Crippen LogP contribution in [0.3, 0.4) is 0 Å². The maximum atomic E-state index is 6.39. The fraction of sp³-hybridized carbons (Fsp3) is 0.438. The van der Waals surface area contributed by atoms with Crippen molar-refractivity contribution in [1.29, 1.82) is 0 Å². The van der Waals surface area contributed by atoms with Crippen LogP contribution in [0, 0.1) is 0 Å².